The molecule has 1 fully saturated rings. The van der Waals surface area contributed by atoms with Gasteiger partial charge in [0.15, 0.2) is 12.4 Å². The van der Waals surface area contributed by atoms with Crippen molar-refractivity contribution >= 4 is 17.7 Å². The molecule has 1 aliphatic rings. The van der Waals surface area contributed by atoms with Gasteiger partial charge in [-0.05, 0) is 61.7 Å². The van der Waals surface area contributed by atoms with Gasteiger partial charge >= 0.3 is 5.97 Å². The molecule has 0 aromatic heterocycles. The molecule has 28 heavy (non-hydrogen) atoms. The molecule has 0 spiro atoms. The number of Topliss-reactive ketones (excluding diaryl/α,β-unsaturated/α-hetero) is 1. The fourth-order valence-electron chi connectivity index (χ4n) is 2.98. The van der Waals surface area contributed by atoms with Crippen molar-refractivity contribution in [2.45, 2.75) is 26.4 Å². The van der Waals surface area contributed by atoms with Gasteiger partial charge in [-0.15, -0.1) is 0 Å². The summed E-state index contributed by atoms with van der Waals surface area (Å²) in [7, 11) is 0. The third kappa shape index (κ3) is 5.19. The van der Waals surface area contributed by atoms with Crippen molar-refractivity contribution in [1.82, 2.24) is 4.90 Å². The lowest BCUT2D eigenvalue weighted by Crippen LogP contribution is -2.27. The van der Waals surface area contributed by atoms with E-state index in [0.29, 0.717) is 16.9 Å². The first kappa shape index (κ1) is 19.6. The number of rotatable bonds is 7. The van der Waals surface area contributed by atoms with Crippen LogP contribution in [0.15, 0.2) is 48.5 Å². The van der Waals surface area contributed by atoms with Crippen molar-refractivity contribution in [2.24, 2.45) is 0 Å². The molecule has 0 bridgehead atoms. The van der Waals surface area contributed by atoms with Gasteiger partial charge in [0.25, 0.3) is 5.91 Å². The van der Waals surface area contributed by atoms with E-state index < -0.39 is 5.97 Å². The zero-order chi connectivity index (χ0) is 19.9. The Morgan fingerprint density at radius 3 is 2.11 bits per heavy atom. The monoisotopic (exact) mass is 381 g/mol. The van der Waals surface area contributed by atoms with Crippen LogP contribution in [0.25, 0.3) is 0 Å². The molecule has 1 heterocycles. The van der Waals surface area contributed by atoms with Crippen LogP contribution >= 0.6 is 0 Å². The van der Waals surface area contributed by atoms with Crippen molar-refractivity contribution in [2.75, 3.05) is 19.7 Å². The van der Waals surface area contributed by atoms with Crippen LogP contribution in [0.3, 0.4) is 0 Å². The Morgan fingerprint density at radius 1 is 0.893 bits per heavy atom. The van der Waals surface area contributed by atoms with Crippen LogP contribution in [0.5, 0.6) is 5.75 Å². The number of esters is 1. The summed E-state index contributed by atoms with van der Waals surface area (Å²) < 4.78 is 10.6. The molecule has 2 aromatic rings. The lowest BCUT2D eigenvalue weighted by Gasteiger charge is -2.15. The van der Waals surface area contributed by atoms with E-state index in [-0.39, 0.29) is 24.9 Å². The minimum Gasteiger partial charge on any atom is -0.482 e. The van der Waals surface area contributed by atoms with E-state index >= 15 is 0 Å². The van der Waals surface area contributed by atoms with Crippen molar-refractivity contribution < 1.29 is 23.9 Å². The first-order valence-corrected chi connectivity index (χ1v) is 9.30. The lowest BCUT2D eigenvalue weighted by molar-refractivity contribution is -0.147. The number of benzene rings is 2. The summed E-state index contributed by atoms with van der Waals surface area (Å²) in [6, 6.07) is 13.7. The van der Waals surface area contributed by atoms with E-state index in [0.717, 1.165) is 31.5 Å². The number of carbonyl (C=O) groups excluding carboxylic acids is 3. The second kappa shape index (κ2) is 9.17. The molecule has 0 radical (unpaired) electrons. The van der Waals surface area contributed by atoms with Crippen molar-refractivity contribution in [3.63, 3.8) is 0 Å². The molecule has 1 aliphatic heterocycles. The van der Waals surface area contributed by atoms with Crippen LogP contribution in [-0.4, -0.2) is 42.3 Å². The quantitative estimate of drug-likeness (QED) is 0.544. The first-order valence-electron chi connectivity index (χ1n) is 9.30. The molecular formula is C22H23NO5. The predicted molar refractivity (Wildman–Crippen MR) is 103 cm³/mol. The number of hydrogen-bond donors (Lipinski definition) is 0. The van der Waals surface area contributed by atoms with Crippen LogP contribution in [0.2, 0.25) is 0 Å². The van der Waals surface area contributed by atoms with Crippen molar-refractivity contribution in [1.29, 1.82) is 0 Å². The van der Waals surface area contributed by atoms with Gasteiger partial charge in [-0.2, -0.15) is 0 Å². The summed E-state index contributed by atoms with van der Waals surface area (Å²) in [5.41, 5.74) is 2.04. The van der Waals surface area contributed by atoms with E-state index in [1.165, 1.54) is 6.92 Å². The molecule has 6 nitrogen and oxygen atoms in total. The summed E-state index contributed by atoms with van der Waals surface area (Å²) in [5.74, 6) is 0.0175. The summed E-state index contributed by atoms with van der Waals surface area (Å²) in [6.07, 6.45) is 2.12. The van der Waals surface area contributed by atoms with Gasteiger partial charge in [0.05, 0.1) is 0 Å². The van der Waals surface area contributed by atoms with Gasteiger partial charge in [-0.3, -0.25) is 9.59 Å². The molecule has 0 atom stereocenters. The van der Waals surface area contributed by atoms with Gasteiger partial charge in [0.1, 0.15) is 12.4 Å². The maximum atomic E-state index is 12.3. The maximum Gasteiger partial charge on any atom is 0.344 e. The maximum absolute atomic E-state index is 12.3. The molecule has 0 unspecified atom stereocenters. The summed E-state index contributed by atoms with van der Waals surface area (Å²) in [5, 5.41) is 0. The lowest BCUT2D eigenvalue weighted by atomic mass is 10.1. The second-order valence-electron chi connectivity index (χ2n) is 6.73. The fourth-order valence-corrected chi connectivity index (χ4v) is 2.98. The Balaban J connectivity index is 1.43. The molecule has 0 N–H and O–H groups in total. The second-order valence-corrected chi connectivity index (χ2v) is 6.73. The number of likely N-dealkylation sites (tertiary alicyclic amines) is 1. The molecule has 6 heteroatoms. The number of carbonyl (C=O) groups is 3. The van der Waals surface area contributed by atoms with Gasteiger partial charge in [-0.25, -0.2) is 4.79 Å². The molecule has 3 rings (SSSR count). The van der Waals surface area contributed by atoms with E-state index in [9.17, 15) is 14.4 Å². The average molecular weight is 381 g/mol. The van der Waals surface area contributed by atoms with Gasteiger partial charge < -0.3 is 14.4 Å². The minimum absolute atomic E-state index is 0.0286. The zero-order valence-corrected chi connectivity index (χ0v) is 15.8. The average Bonchev–Trinajstić information content (AvgIpc) is 3.25. The largest absolute Gasteiger partial charge is 0.482 e. The smallest absolute Gasteiger partial charge is 0.344 e. The molecule has 146 valence electrons. The standard InChI is InChI=1S/C22H23NO5/c1-16(24)18-8-10-20(11-9-18)27-15-21(25)28-14-17-4-6-19(7-5-17)22(26)23-12-2-3-13-23/h4-11H,2-3,12-15H2,1H3. The molecule has 1 saturated heterocycles. The number of hydrogen-bond acceptors (Lipinski definition) is 5. The summed E-state index contributed by atoms with van der Waals surface area (Å²) in [6.45, 7) is 3.02. The highest BCUT2D eigenvalue weighted by atomic mass is 16.6. The predicted octanol–water partition coefficient (Wildman–Crippen LogP) is 3.25. The highest BCUT2D eigenvalue weighted by Crippen LogP contribution is 2.15. The van der Waals surface area contributed by atoms with Crippen LogP contribution in [0.4, 0.5) is 0 Å². The highest BCUT2D eigenvalue weighted by molar-refractivity contribution is 5.94. The normalized spacial score (nSPS) is 13.2. The Bertz CT molecular complexity index is 836. The van der Waals surface area contributed by atoms with E-state index in [1.807, 2.05) is 4.90 Å². The van der Waals surface area contributed by atoms with E-state index in [1.54, 1.807) is 48.5 Å². The Labute approximate surface area is 164 Å². The third-order valence-electron chi connectivity index (χ3n) is 4.61. The van der Waals surface area contributed by atoms with Gasteiger partial charge in [-0.1, -0.05) is 12.1 Å². The number of ketones is 1. The molecule has 0 saturated carbocycles. The Kier molecular flexibility index (Phi) is 6.42. The first-order chi connectivity index (χ1) is 13.5. The molecule has 1 amide bonds. The van der Waals surface area contributed by atoms with E-state index in [2.05, 4.69) is 0 Å². The number of ether oxygens (including phenoxy) is 2. The van der Waals surface area contributed by atoms with Crippen LogP contribution < -0.4 is 4.74 Å². The summed E-state index contributed by atoms with van der Waals surface area (Å²) in [4.78, 5) is 37.2. The Morgan fingerprint density at radius 2 is 1.50 bits per heavy atom. The van der Waals surface area contributed by atoms with Crippen LogP contribution in [-0.2, 0) is 16.1 Å². The van der Waals surface area contributed by atoms with Crippen LogP contribution in [0, 0.1) is 0 Å². The molecule has 0 aliphatic carbocycles. The third-order valence-corrected chi connectivity index (χ3v) is 4.61. The highest BCUT2D eigenvalue weighted by Gasteiger charge is 2.19. The molecular weight excluding hydrogens is 358 g/mol. The Hall–Kier alpha value is -3.15. The van der Waals surface area contributed by atoms with Crippen molar-refractivity contribution in [3.8, 4) is 5.75 Å². The minimum atomic E-state index is -0.493. The topological polar surface area (TPSA) is 72.9 Å². The summed E-state index contributed by atoms with van der Waals surface area (Å²) >= 11 is 0. The number of nitrogens with zero attached hydrogens (tertiary/aromatic N) is 1. The van der Waals surface area contributed by atoms with Gasteiger partial charge in [0, 0.05) is 24.2 Å². The number of amides is 1. The zero-order valence-electron chi connectivity index (χ0n) is 15.8. The van der Waals surface area contributed by atoms with Crippen molar-refractivity contribution in [3.05, 3.63) is 65.2 Å². The van der Waals surface area contributed by atoms with Gasteiger partial charge in [0.2, 0.25) is 0 Å². The SMILES string of the molecule is CC(=O)c1ccc(OCC(=O)OCc2ccc(C(=O)N3CCCC3)cc2)cc1. The van der Waals surface area contributed by atoms with Crippen LogP contribution in [0.1, 0.15) is 46.0 Å². The molecule has 2 aromatic carbocycles. The van der Waals surface area contributed by atoms with E-state index in [4.69, 9.17) is 9.47 Å². The fraction of sp³-hybridized carbons (Fsp3) is 0.318.